The molecular weight excluding hydrogens is 206 g/mol. The molecule has 0 spiro atoms. The quantitative estimate of drug-likeness (QED) is 0.670. The second-order valence-corrected chi connectivity index (χ2v) is 4.51. The fraction of sp³-hybridized carbons (Fsp3) is 0.0833. The molecule has 74 valence electrons. The van der Waals surface area contributed by atoms with Gasteiger partial charge in [-0.1, -0.05) is 6.07 Å². The Bertz CT molecular complexity index is 534. The van der Waals surface area contributed by atoms with Gasteiger partial charge in [0.25, 0.3) is 0 Å². The monoisotopic (exact) mass is 215 g/mol. The van der Waals surface area contributed by atoms with Gasteiger partial charge in [0.15, 0.2) is 0 Å². The van der Waals surface area contributed by atoms with E-state index in [0.29, 0.717) is 6.54 Å². The number of nitrogens with zero attached hydrogens (tertiary/aromatic N) is 1. The number of fused-ring (bicyclic) bond motifs is 1. The Morgan fingerprint density at radius 1 is 1.33 bits per heavy atom. The number of allylic oxidation sites excluding steroid dienone is 1. The molecule has 2 aromatic rings. The third kappa shape index (κ3) is 1.36. The highest BCUT2D eigenvalue weighted by molar-refractivity contribution is 7.10. The number of carbonyl (C=O) groups is 1. The van der Waals surface area contributed by atoms with Gasteiger partial charge in [-0.2, -0.15) is 0 Å². The van der Waals surface area contributed by atoms with Crippen molar-refractivity contribution in [3.63, 3.8) is 0 Å². The lowest BCUT2D eigenvalue weighted by atomic mass is 10.1. The predicted octanol–water partition coefficient (Wildman–Crippen LogP) is 2.83. The van der Waals surface area contributed by atoms with Crippen LogP contribution in [0.2, 0.25) is 0 Å². The summed E-state index contributed by atoms with van der Waals surface area (Å²) in [6, 6.07) is 7.81. The molecule has 0 aliphatic carbocycles. The molecule has 0 radical (unpaired) electrons. The molecule has 0 atom stereocenters. The van der Waals surface area contributed by atoms with Gasteiger partial charge in [-0.15, -0.1) is 11.3 Å². The standard InChI is InChI=1S/C12H9NOS/c14-12-9(7-10-3-2-6-15-10)8-13-5-1-4-11(12)13/h1-7H,8H2/b9-7+. The molecule has 0 amide bonds. The van der Waals surface area contributed by atoms with E-state index in [0.717, 1.165) is 16.1 Å². The van der Waals surface area contributed by atoms with Crippen molar-refractivity contribution in [2.24, 2.45) is 0 Å². The van der Waals surface area contributed by atoms with Gasteiger partial charge in [0.1, 0.15) is 0 Å². The summed E-state index contributed by atoms with van der Waals surface area (Å²) in [6.07, 6.45) is 3.93. The van der Waals surface area contributed by atoms with Crippen LogP contribution in [0.3, 0.4) is 0 Å². The summed E-state index contributed by atoms with van der Waals surface area (Å²) in [5, 5.41) is 2.02. The summed E-state index contributed by atoms with van der Waals surface area (Å²) >= 11 is 1.66. The maximum Gasteiger partial charge on any atom is 0.207 e. The number of thiophene rings is 1. The van der Waals surface area contributed by atoms with E-state index in [4.69, 9.17) is 0 Å². The smallest absolute Gasteiger partial charge is 0.207 e. The Labute approximate surface area is 91.5 Å². The molecule has 15 heavy (non-hydrogen) atoms. The van der Waals surface area contributed by atoms with Crippen molar-refractivity contribution in [1.29, 1.82) is 0 Å². The zero-order chi connectivity index (χ0) is 10.3. The van der Waals surface area contributed by atoms with E-state index in [1.807, 2.05) is 46.5 Å². The Morgan fingerprint density at radius 3 is 3.00 bits per heavy atom. The van der Waals surface area contributed by atoms with Crippen molar-refractivity contribution >= 4 is 23.2 Å². The lowest BCUT2D eigenvalue weighted by molar-refractivity contribution is 0.103. The molecule has 3 heterocycles. The number of aromatic nitrogens is 1. The normalized spacial score (nSPS) is 17.3. The van der Waals surface area contributed by atoms with Gasteiger partial charge in [-0.05, 0) is 29.7 Å². The summed E-state index contributed by atoms with van der Waals surface area (Å²) in [4.78, 5) is 13.0. The van der Waals surface area contributed by atoms with Crippen molar-refractivity contribution in [2.75, 3.05) is 0 Å². The molecule has 0 fully saturated rings. The van der Waals surface area contributed by atoms with E-state index in [1.165, 1.54) is 0 Å². The average molecular weight is 215 g/mol. The minimum atomic E-state index is 0.161. The van der Waals surface area contributed by atoms with Crippen LogP contribution in [0.15, 0.2) is 41.4 Å². The number of hydrogen-bond donors (Lipinski definition) is 0. The van der Waals surface area contributed by atoms with Gasteiger partial charge in [-0.25, -0.2) is 0 Å². The van der Waals surface area contributed by atoms with Crippen LogP contribution in [0.1, 0.15) is 15.4 Å². The molecule has 0 N–H and O–H groups in total. The van der Waals surface area contributed by atoms with E-state index < -0.39 is 0 Å². The van der Waals surface area contributed by atoms with Crippen LogP contribution in [0.5, 0.6) is 0 Å². The van der Waals surface area contributed by atoms with Crippen molar-refractivity contribution in [2.45, 2.75) is 6.54 Å². The summed E-state index contributed by atoms with van der Waals surface area (Å²) in [5.74, 6) is 0.161. The summed E-state index contributed by atoms with van der Waals surface area (Å²) in [7, 11) is 0. The summed E-state index contributed by atoms with van der Waals surface area (Å²) in [6.45, 7) is 0.707. The van der Waals surface area contributed by atoms with Gasteiger partial charge < -0.3 is 4.57 Å². The number of ketones is 1. The van der Waals surface area contributed by atoms with E-state index in [1.54, 1.807) is 11.3 Å². The third-order valence-electron chi connectivity index (χ3n) is 2.55. The second-order valence-electron chi connectivity index (χ2n) is 3.54. The maximum absolute atomic E-state index is 11.9. The first-order valence-electron chi connectivity index (χ1n) is 4.78. The first-order valence-corrected chi connectivity index (χ1v) is 5.66. The minimum absolute atomic E-state index is 0.161. The summed E-state index contributed by atoms with van der Waals surface area (Å²) < 4.78 is 1.99. The van der Waals surface area contributed by atoms with E-state index in [-0.39, 0.29) is 5.78 Å². The first kappa shape index (κ1) is 8.68. The van der Waals surface area contributed by atoms with E-state index in [2.05, 4.69) is 0 Å². The van der Waals surface area contributed by atoms with Crippen LogP contribution < -0.4 is 0 Å². The Hall–Kier alpha value is -1.61. The highest BCUT2D eigenvalue weighted by Crippen LogP contribution is 2.23. The van der Waals surface area contributed by atoms with Crippen LogP contribution >= 0.6 is 11.3 Å². The number of Topliss-reactive ketones (excluding diaryl/α,β-unsaturated/α-hetero) is 1. The molecule has 1 aliphatic rings. The lowest BCUT2D eigenvalue weighted by Crippen LogP contribution is -1.93. The molecule has 0 saturated heterocycles. The highest BCUT2D eigenvalue weighted by Gasteiger charge is 2.23. The van der Waals surface area contributed by atoms with Gasteiger partial charge in [-0.3, -0.25) is 4.79 Å². The molecule has 3 heteroatoms. The second kappa shape index (κ2) is 3.21. The average Bonchev–Trinajstić information content (AvgIpc) is 2.89. The fourth-order valence-corrected chi connectivity index (χ4v) is 2.52. The zero-order valence-electron chi connectivity index (χ0n) is 8.01. The van der Waals surface area contributed by atoms with E-state index >= 15 is 0 Å². The lowest BCUT2D eigenvalue weighted by Gasteiger charge is -1.93. The van der Waals surface area contributed by atoms with Crippen molar-refractivity contribution in [1.82, 2.24) is 4.57 Å². The van der Waals surface area contributed by atoms with Crippen molar-refractivity contribution in [3.05, 3.63) is 52.0 Å². The predicted molar refractivity (Wildman–Crippen MR) is 61.1 cm³/mol. The fourth-order valence-electron chi connectivity index (χ4n) is 1.83. The summed E-state index contributed by atoms with van der Waals surface area (Å²) in [5.41, 5.74) is 1.69. The van der Waals surface area contributed by atoms with Gasteiger partial charge >= 0.3 is 0 Å². The van der Waals surface area contributed by atoms with Crippen molar-refractivity contribution in [3.8, 4) is 0 Å². The van der Waals surface area contributed by atoms with E-state index in [9.17, 15) is 4.79 Å². The largest absolute Gasteiger partial charge is 0.340 e. The molecule has 2 nitrogen and oxygen atoms in total. The molecular formula is C12H9NOS. The molecule has 0 unspecified atom stereocenters. The zero-order valence-corrected chi connectivity index (χ0v) is 8.83. The number of carbonyl (C=O) groups excluding carboxylic acids is 1. The van der Waals surface area contributed by atoms with Gasteiger partial charge in [0, 0.05) is 16.6 Å². The Morgan fingerprint density at radius 2 is 2.27 bits per heavy atom. The van der Waals surface area contributed by atoms with Crippen LogP contribution in [0.4, 0.5) is 0 Å². The first-order chi connectivity index (χ1) is 7.34. The van der Waals surface area contributed by atoms with Gasteiger partial charge in [0.2, 0.25) is 5.78 Å². The molecule has 0 saturated carbocycles. The van der Waals surface area contributed by atoms with Crippen LogP contribution in [0, 0.1) is 0 Å². The van der Waals surface area contributed by atoms with Gasteiger partial charge in [0.05, 0.1) is 12.2 Å². The maximum atomic E-state index is 11.9. The molecule has 0 bridgehead atoms. The Kier molecular flexibility index (Phi) is 1.86. The topological polar surface area (TPSA) is 22.0 Å². The van der Waals surface area contributed by atoms with Crippen LogP contribution in [-0.2, 0) is 6.54 Å². The minimum Gasteiger partial charge on any atom is -0.340 e. The molecule has 0 aromatic carbocycles. The van der Waals surface area contributed by atoms with Crippen LogP contribution in [0.25, 0.3) is 6.08 Å². The third-order valence-corrected chi connectivity index (χ3v) is 3.37. The highest BCUT2D eigenvalue weighted by atomic mass is 32.1. The van der Waals surface area contributed by atoms with Crippen molar-refractivity contribution < 1.29 is 4.79 Å². The number of hydrogen-bond acceptors (Lipinski definition) is 2. The Balaban J connectivity index is 2.00. The molecule has 3 rings (SSSR count). The molecule has 1 aliphatic heterocycles. The SMILES string of the molecule is O=C1/C(=C/c2cccs2)Cn2cccc21. The number of rotatable bonds is 1. The van der Waals surface area contributed by atoms with Crippen LogP contribution in [-0.4, -0.2) is 10.4 Å². The molecule has 2 aromatic heterocycles.